The number of nitrogens with zero attached hydrogens (tertiary/aromatic N) is 4. The van der Waals surface area contributed by atoms with Crippen LogP contribution in [0.2, 0.25) is 0 Å². The van der Waals surface area contributed by atoms with Crippen LogP contribution in [-0.2, 0) is 10.3 Å². The molecule has 2 aromatic heterocycles. The summed E-state index contributed by atoms with van der Waals surface area (Å²) in [5.74, 6) is 0.808. The third kappa shape index (κ3) is 4.33. The highest BCUT2D eigenvalue weighted by atomic mass is 16.5. The monoisotopic (exact) mass is 516 g/mol. The third-order valence-corrected chi connectivity index (χ3v) is 8.11. The molecule has 5 aromatic rings. The average Bonchev–Trinajstić information content (AvgIpc) is 3.35. The van der Waals surface area contributed by atoms with Crippen molar-refractivity contribution < 1.29 is 4.74 Å². The molecule has 1 saturated carbocycles. The predicted molar refractivity (Wildman–Crippen MR) is 157 cm³/mol. The number of nitrogen functional groups attached to an aromatic ring is 1. The lowest BCUT2D eigenvalue weighted by molar-refractivity contribution is 0.122. The molecule has 0 atom stereocenters. The van der Waals surface area contributed by atoms with Gasteiger partial charge in [-0.2, -0.15) is 0 Å². The van der Waals surface area contributed by atoms with Gasteiger partial charge in [-0.15, -0.1) is 0 Å². The van der Waals surface area contributed by atoms with Crippen LogP contribution in [0.3, 0.4) is 0 Å². The minimum absolute atomic E-state index is 0.205. The molecule has 2 aliphatic rings. The number of fused-ring (bicyclic) bond motifs is 1. The summed E-state index contributed by atoms with van der Waals surface area (Å²) >= 11 is 0. The Morgan fingerprint density at radius 3 is 2.28 bits per heavy atom. The molecule has 1 aliphatic heterocycles. The first-order chi connectivity index (χ1) is 19.1. The highest BCUT2D eigenvalue weighted by Gasteiger charge is 2.34. The van der Waals surface area contributed by atoms with E-state index in [1.54, 1.807) is 0 Å². The topological polar surface area (TPSA) is 95.2 Å². The van der Waals surface area contributed by atoms with Crippen molar-refractivity contribution in [2.75, 3.05) is 36.9 Å². The Morgan fingerprint density at radius 1 is 0.769 bits per heavy atom. The number of benzene rings is 3. The Kier molecular flexibility index (Phi) is 5.83. The standard InChI is InChI=1S/C32H32N6O/c33-25-6-1-5-23(20-25)30-36-29-13-12-28(22-4-2-7-27(21-22)37-16-18-39-19-17-37)35-31(29)38(30)26-10-8-24(9-11-26)32(34)14-3-15-32/h1-2,4-13,20-21H,3,14-19,33-34H2. The average molecular weight is 517 g/mol. The summed E-state index contributed by atoms with van der Waals surface area (Å²) in [4.78, 5) is 12.6. The number of aromatic nitrogens is 3. The van der Waals surface area contributed by atoms with Gasteiger partial charge in [0.2, 0.25) is 0 Å². The number of hydrogen-bond donors (Lipinski definition) is 2. The number of rotatable bonds is 5. The second-order valence-corrected chi connectivity index (χ2v) is 10.6. The number of imidazole rings is 1. The third-order valence-electron chi connectivity index (χ3n) is 8.11. The first kappa shape index (κ1) is 23.9. The van der Waals surface area contributed by atoms with Crippen LogP contribution in [0.4, 0.5) is 11.4 Å². The molecule has 0 radical (unpaired) electrons. The van der Waals surface area contributed by atoms with Gasteiger partial charge in [0.05, 0.1) is 18.9 Å². The minimum atomic E-state index is -0.205. The molecular formula is C32H32N6O. The SMILES string of the molecule is Nc1cccc(-c2nc3ccc(-c4cccc(N5CCOCC5)c4)nc3n2-c2ccc(C3(N)CCC3)cc2)c1. The Balaban J connectivity index is 1.36. The van der Waals surface area contributed by atoms with Gasteiger partial charge in [-0.1, -0.05) is 36.4 Å². The number of anilines is 2. The molecule has 196 valence electrons. The van der Waals surface area contributed by atoms with E-state index in [1.807, 2.05) is 24.3 Å². The van der Waals surface area contributed by atoms with Gasteiger partial charge in [0.1, 0.15) is 11.3 Å². The Morgan fingerprint density at radius 2 is 1.54 bits per heavy atom. The Bertz CT molecular complexity index is 1650. The zero-order chi connectivity index (χ0) is 26.4. The van der Waals surface area contributed by atoms with E-state index in [9.17, 15) is 0 Å². The van der Waals surface area contributed by atoms with Gasteiger partial charge in [-0.25, -0.2) is 9.97 Å². The van der Waals surface area contributed by atoms with Gasteiger partial charge in [0, 0.05) is 46.8 Å². The lowest BCUT2D eigenvalue weighted by Crippen LogP contribution is -2.43. The Labute approximate surface area is 228 Å². The summed E-state index contributed by atoms with van der Waals surface area (Å²) < 4.78 is 7.67. The van der Waals surface area contributed by atoms with E-state index in [4.69, 9.17) is 26.2 Å². The molecule has 7 heteroatoms. The number of nitrogens with two attached hydrogens (primary N) is 2. The molecule has 4 N–H and O–H groups in total. The van der Waals surface area contributed by atoms with Crippen LogP contribution in [-0.4, -0.2) is 40.8 Å². The lowest BCUT2D eigenvalue weighted by atomic mass is 9.73. The first-order valence-corrected chi connectivity index (χ1v) is 13.7. The van der Waals surface area contributed by atoms with Gasteiger partial charge in [0.25, 0.3) is 0 Å². The largest absolute Gasteiger partial charge is 0.399 e. The maximum absolute atomic E-state index is 6.62. The molecule has 3 aromatic carbocycles. The molecule has 0 unspecified atom stereocenters. The zero-order valence-electron chi connectivity index (χ0n) is 21.9. The van der Waals surface area contributed by atoms with E-state index in [-0.39, 0.29) is 5.54 Å². The Hall–Kier alpha value is -4.20. The van der Waals surface area contributed by atoms with Gasteiger partial charge in [-0.05, 0) is 73.4 Å². The molecule has 7 nitrogen and oxygen atoms in total. The van der Waals surface area contributed by atoms with E-state index >= 15 is 0 Å². The number of ether oxygens (including phenoxy) is 1. The summed E-state index contributed by atoms with van der Waals surface area (Å²) in [7, 11) is 0. The van der Waals surface area contributed by atoms with Gasteiger partial charge >= 0.3 is 0 Å². The molecule has 39 heavy (non-hydrogen) atoms. The van der Waals surface area contributed by atoms with Crippen molar-refractivity contribution in [1.82, 2.24) is 14.5 Å². The van der Waals surface area contributed by atoms with Crippen molar-refractivity contribution >= 4 is 22.5 Å². The van der Waals surface area contributed by atoms with Crippen molar-refractivity contribution in [1.29, 1.82) is 0 Å². The first-order valence-electron chi connectivity index (χ1n) is 13.7. The van der Waals surface area contributed by atoms with Crippen LogP contribution in [0.5, 0.6) is 0 Å². The quantitative estimate of drug-likeness (QED) is 0.299. The van der Waals surface area contributed by atoms with Gasteiger partial charge in [0.15, 0.2) is 5.65 Å². The molecule has 3 heterocycles. The summed E-state index contributed by atoms with van der Waals surface area (Å²) in [5.41, 5.74) is 21.2. The second-order valence-electron chi connectivity index (χ2n) is 10.6. The highest BCUT2D eigenvalue weighted by Crippen LogP contribution is 2.39. The minimum Gasteiger partial charge on any atom is -0.399 e. The molecule has 1 saturated heterocycles. The normalized spacial score (nSPS) is 16.8. The van der Waals surface area contributed by atoms with Crippen molar-refractivity contribution in [2.45, 2.75) is 24.8 Å². The van der Waals surface area contributed by atoms with E-state index in [0.29, 0.717) is 5.69 Å². The fourth-order valence-corrected chi connectivity index (χ4v) is 5.71. The van der Waals surface area contributed by atoms with Crippen LogP contribution in [0, 0.1) is 0 Å². The smallest absolute Gasteiger partial charge is 0.165 e. The van der Waals surface area contributed by atoms with Crippen molar-refractivity contribution in [3.8, 4) is 28.3 Å². The summed E-state index contributed by atoms with van der Waals surface area (Å²) in [6.45, 7) is 3.30. The molecule has 0 bridgehead atoms. The second kappa shape index (κ2) is 9.52. The predicted octanol–water partition coefficient (Wildman–Crippen LogP) is 5.51. The number of morpholine rings is 1. The van der Waals surface area contributed by atoms with Crippen LogP contribution in [0.25, 0.3) is 39.5 Å². The summed E-state index contributed by atoms with van der Waals surface area (Å²) in [5, 5.41) is 0. The summed E-state index contributed by atoms with van der Waals surface area (Å²) in [6.07, 6.45) is 3.25. The molecule has 0 amide bonds. The molecular weight excluding hydrogens is 484 g/mol. The van der Waals surface area contributed by atoms with Crippen LogP contribution < -0.4 is 16.4 Å². The van der Waals surface area contributed by atoms with E-state index in [2.05, 4.69) is 70.1 Å². The number of pyridine rings is 1. The zero-order valence-corrected chi connectivity index (χ0v) is 21.9. The van der Waals surface area contributed by atoms with Crippen LogP contribution in [0.1, 0.15) is 24.8 Å². The maximum Gasteiger partial charge on any atom is 0.165 e. The van der Waals surface area contributed by atoms with Crippen molar-refractivity contribution in [3.63, 3.8) is 0 Å². The van der Waals surface area contributed by atoms with E-state index < -0.39 is 0 Å². The van der Waals surface area contributed by atoms with Gasteiger partial charge < -0.3 is 21.1 Å². The fraction of sp³-hybridized carbons (Fsp3) is 0.250. The fourth-order valence-electron chi connectivity index (χ4n) is 5.71. The maximum atomic E-state index is 6.62. The molecule has 0 spiro atoms. The van der Waals surface area contributed by atoms with E-state index in [0.717, 1.165) is 78.6 Å². The van der Waals surface area contributed by atoms with E-state index in [1.165, 1.54) is 17.7 Å². The lowest BCUT2D eigenvalue weighted by Gasteiger charge is -2.38. The highest BCUT2D eigenvalue weighted by molar-refractivity contribution is 5.83. The molecule has 2 fully saturated rings. The number of hydrogen-bond acceptors (Lipinski definition) is 6. The van der Waals surface area contributed by atoms with Gasteiger partial charge in [-0.3, -0.25) is 4.57 Å². The van der Waals surface area contributed by atoms with Crippen LogP contribution >= 0.6 is 0 Å². The summed E-state index contributed by atoms with van der Waals surface area (Å²) in [6, 6.07) is 29.1. The van der Waals surface area contributed by atoms with Crippen molar-refractivity contribution in [2.24, 2.45) is 5.73 Å². The molecule has 7 rings (SSSR count). The molecule has 1 aliphatic carbocycles. The van der Waals surface area contributed by atoms with Crippen LogP contribution in [0.15, 0.2) is 84.9 Å². The van der Waals surface area contributed by atoms with Crippen molar-refractivity contribution in [3.05, 3.63) is 90.5 Å².